The van der Waals surface area contributed by atoms with E-state index in [4.69, 9.17) is 18.6 Å². The molecule has 8 heteroatoms. The molecule has 2 aliphatic rings. The second-order valence-corrected chi connectivity index (χ2v) is 8.74. The monoisotopic (exact) mass is 464 g/mol. The summed E-state index contributed by atoms with van der Waals surface area (Å²) >= 11 is 0. The fraction of sp³-hybridized carbons (Fsp3) is 0.385. The number of phenolic OH excluding ortho intramolecular Hbond substituents is 1. The Morgan fingerprint density at radius 2 is 1.68 bits per heavy atom. The lowest BCUT2D eigenvalue weighted by molar-refractivity contribution is 0.345. The number of aryl methyl sites for hydroxylation is 2. The molecule has 0 fully saturated rings. The molecule has 2 N–H and O–H groups in total. The molecule has 1 atom stereocenters. The van der Waals surface area contributed by atoms with Crippen molar-refractivity contribution in [3.63, 3.8) is 0 Å². The normalized spacial score (nSPS) is 17.2. The van der Waals surface area contributed by atoms with Gasteiger partial charge in [0.25, 0.3) is 0 Å². The summed E-state index contributed by atoms with van der Waals surface area (Å²) in [6.45, 7) is 1.89. The number of rotatable bonds is 5. The summed E-state index contributed by atoms with van der Waals surface area (Å²) in [6.07, 6.45) is 3.90. The summed E-state index contributed by atoms with van der Waals surface area (Å²) < 4.78 is 22.1. The molecular formula is C26H28N2O6. The Hall–Kier alpha value is -3.68. The van der Waals surface area contributed by atoms with Crippen LogP contribution >= 0.6 is 0 Å². The third-order valence-electron chi connectivity index (χ3n) is 6.83. The van der Waals surface area contributed by atoms with Crippen molar-refractivity contribution in [3.8, 4) is 23.0 Å². The minimum absolute atomic E-state index is 0.123. The van der Waals surface area contributed by atoms with Gasteiger partial charge in [0.05, 0.1) is 38.5 Å². The van der Waals surface area contributed by atoms with E-state index in [-0.39, 0.29) is 17.4 Å². The van der Waals surface area contributed by atoms with Crippen LogP contribution in [-0.4, -0.2) is 32.1 Å². The maximum absolute atomic E-state index is 12.5. The molecule has 2 heterocycles. The Morgan fingerprint density at radius 1 is 1.00 bits per heavy atom. The maximum atomic E-state index is 12.5. The van der Waals surface area contributed by atoms with Gasteiger partial charge in [0.1, 0.15) is 17.1 Å². The number of hydrogen-bond acceptors (Lipinski definition) is 8. The summed E-state index contributed by atoms with van der Waals surface area (Å²) in [4.78, 5) is 12.5. The van der Waals surface area contributed by atoms with Crippen LogP contribution in [0.1, 0.15) is 53.1 Å². The van der Waals surface area contributed by atoms with Gasteiger partial charge in [0, 0.05) is 29.2 Å². The number of aromatic hydroxyl groups is 1. The fourth-order valence-electron chi connectivity index (χ4n) is 5.18. The van der Waals surface area contributed by atoms with Crippen molar-refractivity contribution in [2.24, 2.45) is 5.10 Å². The van der Waals surface area contributed by atoms with Gasteiger partial charge in [-0.25, -0.2) is 4.79 Å². The smallest absolute Gasteiger partial charge is 0.339 e. The number of benzene rings is 2. The van der Waals surface area contributed by atoms with E-state index < -0.39 is 0 Å². The molecule has 5 rings (SSSR count). The number of methoxy groups -OCH3 is 3. The van der Waals surface area contributed by atoms with Crippen molar-refractivity contribution < 1.29 is 23.7 Å². The van der Waals surface area contributed by atoms with Crippen LogP contribution in [0.3, 0.4) is 0 Å². The summed E-state index contributed by atoms with van der Waals surface area (Å²) in [5, 5.41) is 16.6. The first kappa shape index (κ1) is 22.1. The lowest BCUT2D eigenvalue weighted by Crippen LogP contribution is -2.16. The number of hydrogen-bond donors (Lipinski definition) is 2. The Bertz CT molecular complexity index is 1370. The zero-order valence-corrected chi connectivity index (χ0v) is 19.8. The quantitative estimate of drug-likeness (QED) is 0.547. The molecule has 0 radical (unpaired) electrons. The van der Waals surface area contributed by atoms with Crippen molar-refractivity contribution in [1.29, 1.82) is 0 Å². The lowest BCUT2D eigenvalue weighted by Gasteiger charge is -2.19. The van der Waals surface area contributed by atoms with E-state index in [1.54, 1.807) is 27.4 Å². The van der Waals surface area contributed by atoms with E-state index in [9.17, 15) is 9.90 Å². The van der Waals surface area contributed by atoms with Crippen LogP contribution in [0.25, 0.3) is 11.0 Å². The van der Waals surface area contributed by atoms with Crippen LogP contribution in [0, 0.1) is 6.92 Å². The fourth-order valence-corrected chi connectivity index (χ4v) is 5.18. The van der Waals surface area contributed by atoms with Crippen molar-refractivity contribution in [2.45, 2.75) is 45.1 Å². The SMILES string of the molecule is COc1cc(OC)c([C@@H]2CC(c3c(C)cc4oc(=O)c5c(c4c3O)CCCC5)=NN2)cc1OC. The Kier molecular flexibility index (Phi) is 5.59. The Labute approximate surface area is 197 Å². The molecule has 0 bridgehead atoms. The number of ether oxygens (including phenoxy) is 3. The number of hydrazone groups is 1. The molecule has 34 heavy (non-hydrogen) atoms. The maximum Gasteiger partial charge on any atom is 0.339 e. The second kappa shape index (κ2) is 8.59. The molecule has 8 nitrogen and oxygen atoms in total. The van der Waals surface area contributed by atoms with Crippen LogP contribution in [-0.2, 0) is 12.8 Å². The van der Waals surface area contributed by atoms with E-state index in [0.29, 0.717) is 52.2 Å². The summed E-state index contributed by atoms with van der Waals surface area (Å²) in [6, 6.07) is 5.32. The third-order valence-corrected chi connectivity index (χ3v) is 6.83. The van der Waals surface area contributed by atoms with Gasteiger partial charge in [0.2, 0.25) is 0 Å². The third kappa shape index (κ3) is 3.45. The standard InChI is InChI=1S/C26H28N2O6/c1-13-9-22-24(14-7-5-6-8-15(14)26(30)34-22)25(29)23(13)18-11-17(27-28-18)16-10-20(32-3)21(33-4)12-19(16)31-2/h9-10,12,17,27,29H,5-8,11H2,1-4H3/t17-/m0/s1. The van der Waals surface area contributed by atoms with Crippen molar-refractivity contribution in [2.75, 3.05) is 21.3 Å². The molecule has 0 amide bonds. The first-order chi connectivity index (χ1) is 16.5. The van der Waals surface area contributed by atoms with Crippen molar-refractivity contribution >= 4 is 16.7 Å². The lowest BCUT2D eigenvalue weighted by atomic mass is 9.87. The molecule has 0 unspecified atom stereocenters. The van der Waals surface area contributed by atoms with Gasteiger partial charge in [-0.2, -0.15) is 5.10 Å². The van der Waals surface area contributed by atoms with Gasteiger partial charge in [-0.05, 0) is 55.9 Å². The molecule has 0 spiro atoms. The highest BCUT2D eigenvalue weighted by Crippen LogP contribution is 2.42. The van der Waals surface area contributed by atoms with Gasteiger partial charge in [-0.1, -0.05) is 0 Å². The Balaban J connectivity index is 1.57. The van der Waals surface area contributed by atoms with E-state index in [0.717, 1.165) is 41.7 Å². The highest BCUT2D eigenvalue weighted by molar-refractivity contribution is 6.09. The van der Waals surface area contributed by atoms with Gasteiger partial charge < -0.3 is 29.2 Å². The van der Waals surface area contributed by atoms with Crippen LogP contribution in [0.4, 0.5) is 0 Å². The molecule has 2 aromatic carbocycles. The molecule has 0 saturated heterocycles. The average Bonchev–Trinajstić information content (AvgIpc) is 3.32. The average molecular weight is 465 g/mol. The van der Waals surface area contributed by atoms with Gasteiger partial charge >= 0.3 is 5.63 Å². The van der Waals surface area contributed by atoms with E-state index in [2.05, 4.69) is 10.5 Å². The van der Waals surface area contributed by atoms with E-state index in [1.807, 2.05) is 19.1 Å². The number of nitrogens with one attached hydrogen (secondary N) is 1. The molecule has 0 saturated carbocycles. The summed E-state index contributed by atoms with van der Waals surface area (Å²) in [5.41, 5.74) is 7.97. The molecular weight excluding hydrogens is 436 g/mol. The predicted octanol–water partition coefficient (Wildman–Crippen LogP) is 4.15. The van der Waals surface area contributed by atoms with Crippen LogP contribution in [0.2, 0.25) is 0 Å². The van der Waals surface area contributed by atoms with E-state index in [1.165, 1.54) is 0 Å². The molecule has 3 aromatic rings. The first-order valence-corrected chi connectivity index (χ1v) is 11.4. The molecule has 178 valence electrons. The highest BCUT2D eigenvalue weighted by atomic mass is 16.5. The van der Waals surface area contributed by atoms with Crippen LogP contribution in [0.15, 0.2) is 32.5 Å². The highest BCUT2D eigenvalue weighted by Gasteiger charge is 2.30. The minimum atomic E-state index is -0.297. The van der Waals surface area contributed by atoms with Gasteiger partial charge in [0.15, 0.2) is 11.5 Å². The zero-order valence-electron chi connectivity index (χ0n) is 19.8. The van der Waals surface area contributed by atoms with Gasteiger partial charge in [-0.3, -0.25) is 0 Å². The first-order valence-electron chi connectivity index (χ1n) is 11.4. The topological polar surface area (TPSA) is 103 Å². The number of fused-ring (bicyclic) bond motifs is 3. The van der Waals surface area contributed by atoms with Gasteiger partial charge in [-0.15, -0.1) is 0 Å². The molecule has 1 aromatic heterocycles. The largest absolute Gasteiger partial charge is 0.506 e. The Morgan fingerprint density at radius 3 is 2.38 bits per heavy atom. The van der Waals surface area contributed by atoms with Crippen molar-refractivity contribution in [1.82, 2.24) is 5.43 Å². The predicted molar refractivity (Wildman–Crippen MR) is 129 cm³/mol. The number of phenols is 1. The van der Waals surface area contributed by atoms with Crippen LogP contribution in [0.5, 0.6) is 23.0 Å². The minimum Gasteiger partial charge on any atom is -0.506 e. The van der Waals surface area contributed by atoms with Crippen LogP contribution < -0.4 is 25.3 Å². The van der Waals surface area contributed by atoms with Crippen molar-refractivity contribution in [3.05, 3.63) is 56.4 Å². The second-order valence-electron chi connectivity index (χ2n) is 8.74. The summed E-state index contributed by atoms with van der Waals surface area (Å²) in [5.74, 6) is 1.95. The molecule has 1 aliphatic carbocycles. The summed E-state index contributed by atoms with van der Waals surface area (Å²) in [7, 11) is 4.78. The van der Waals surface area contributed by atoms with E-state index >= 15 is 0 Å². The zero-order chi connectivity index (χ0) is 24.0. The number of nitrogens with zero attached hydrogens (tertiary/aromatic N) is 1. The molecule has 1 aliphatic heterocycles.